The van der Waals surface area contributed by atoms with Crippen LogP contribution in [-0.4, -0.2) is 44.7 Å². The maximum atomic E-state index is 13.5. The Bertz CT molecular complexity index is 541. The molecule has 0 amide bonds. The van der Waals surface area contributed by atoms with E-state index in [1.54, 1.807) is 13.2 Å². The highest BCUT2D eigenvalue weighted by Crippen LogP contribution is 2.41. The zero-order valence-corrected chi connectivity index (χ0v) is 12.3. The third kappa shape index (κ3) is 2.56. The second-order valence-corrected chi connectivity index (χ2v) is 5.88. The number of piperidine rings is 1. The number of halogens is 1. The molecule has 1 saturated heterocycles. The highest BCUT2D eigenvalue weighted by atomic mass is 19.1. The molecule has 5 heteroatoms. The van der Waals surface area contributed by atoms with Crippen molar-refractivity contribution in [1.29, 1.82) is 0 Å². The summed E-state index contributed by atoms with van der Waals surface area (Å²) in [5, 5.41) is 3.35. The number of ether oxygens (including phenoxy) is 1. The lowest BCUT2D eigenvalue weighted by Crippen LogP contribution is -2.59. The molecule has 2 aliphatic heterocycles. The second kappa shape index (κ2) is 5.73. The molecule has 114 valence electrons. The van der Waals surface area contributed by atoms with E-state index in [0.717, 1.165) is 38.2 Å². The number of anilines is 1. The summed E-state index contributed by atoms with van der Waals surface area (Å²) >= 11 is 0. The smallest absolute Gasteiger partial charge is 0.167 e. The number of ketones is 1. The summed E-state index contributed by atoms with van der Waals surface area (Å²) in [6.45, 7) is 3.14. The molecular weight excluding hydrogens is 271 g/mol. The molecule has 0 radical (unpaired) electrons. The van der Waals surface area contributed by atoms with E-state index in [1.807, 2.05) is 0 Å². The molecular formula is C16H21FN2O2. The Morgan fingerprint density at radius 2 is 2.14 bits per heavy atom. The lowest BCUT2D eigenvalue weighted by atomic mass is 9.77. The van der Waals surface area contributed by atoms with Crippen molar-refractivity contribution >= 4 is 11.5 Å². The largest absolute Gasteiger partial charge is 0.383 e. The topological polar surface area (TPSA) is 41.6 Å². The average molecular weight is 292 g/mol. The van der Waals surface area contributed by atoms with Gasteiger partial charge in [-0.15, -0.1) is 0 Å². The van der Waals surface area contributed by atoms with E-state index in [-0.39, 0.29) is 17.1 Å². The summed E-state index contributed by atoms with van der Waals surface area (Å²) in [4.78, 5) is 14.8. The average Bonchev–Trinajstić information content (AvgIpc) is 2.48. The van der Waals surface area contributed by atoms with Crippen LogP contribution in [0.2, 0.25) is 0 Å². The zero-order chi connectivity index (χ0) is 14.9. The molecule has 0 atom stereocenters. The van der Waals surface area contributed by atoms with Gasteiger partial charge in [0.2, 0.25) is 0 Å². The summed E-state index contributed by atoms with van der Waals surface area (Å²) < 4.78 is 18.7. The fourth-order valence-electron chi connectivity index (χ4n) is 3.59. The number of benzene rings is 1. The summed E-state index contributed by atoms with van der Waals surface area (Å²) in [6, 6.07) is 4.54. The van der Waals surface area contributed by atoms with Gasteiger partial charge in [-0.1, -0.05) is 0 Å². The highest BCUT2D eigenvalue weighted by Gasteiger charge is 2.44. The normalized spacial score (nSPS) is 20.7. The van der Waals surface area contributed by atoms with Crippen molar-refractivity contribution in [2.75, 3.05) is 38.3 Å². The third-order valence-corrected chi connectivity index (χ3v) is 4.67. The molecule has 1 aromatic carbocycles. The molecule has 0 aliphatic carbocycles. The molecule has 0 bridgehead atoms. The van der Waals surface area contributed by atoms with Crippen LogP contribution in [0.4, 0.5) is 10.1 Å². The Hall–Kier alpha value is -1.46. The lowest BCUT2D eigenvalue weighted by Gasteiger charge is -2.50. The van der Waals surface area contributed by atoms with E-state index >= 15 is 0 Å². The summed E-state index contributed by atoms with van der Waals surface area (Å²) in [7, 11) is 1.68. The molecule has 4 nitrogen and oxygen atoms in total. The van der Waals surface area contributed by atoms with Crippen molar-refractivity contribution in [3.8, 4) is 0 Å². The van der Waals surface area contributed by atoms with Crippen molar-refractivity contribution in [2.24, 2.45) is 0 Å². The molecule has 1 aromatic rings. The van der Waals surface area contributed by atoms with Crippen molar-refractivity contribution in [1.82, 2.24) is 5.32 Å². The molecule has 21 heavy (non-hydrogen) atoms. The van der Waals surface area contributed by atoms with Gasteiger partial charge in [0.15, 0.2) is 5.78 Å². The van der Waals surface area contributed by atoms with Gasteiger partial charge in [0.05, 0.1) is 6.61 Å². The summed E-state index contributed by atoms with van der Waals surface area (Å²) in [5.41, 5.74) is 1.22. The number of nitrogens with one attached hydrogen (secondary N) is 1. The van der Waals surface area contributed by atoms with Gasteiger partial charge in [0.1, 0.15) is 5.82 Å². The van der Waals surface area contributed by atoms with Crippen LogP contribution in [0.15, 0.2) is 18.2 Å². The number of fused-ring (bicyclic) bond motifs is 1. The van der Waals surface area contributed by atoms with Crippen LogP contribution < -0.4 is 10.2 Å². The third-order valence-electron chi connectivity index (χ3n) is 4.67. The van der Waals surface area contributed by atoms with Crippen molar-refractivity contribution in [2.45, 2.75) is 24.8 Å². The van der Waals surface area contributed by atoms with E-state index in [1.165, 1.54) is 12.1 Å². The zero-order valence-electron chi connectivity index (χ0n) is 12.3. The predicted molar refractivity (Wildman–Crippen MR) is 79.4 cm³/mol. The van der Waals surface area contributed by atoms with Crippen molar-refractivity contribution in [3.05, 3.63) is 29.6 Å². The number of carbonyl (C=O) groups excluding carboxylic acids is 1. The number of Topliss-reactive ketones (excluding diaryl/α,β-unsaturated/α-hetero) is 1. The highest BCUT2D eigenvalue weighted by molar-refractivity contribution is 6.04. The molecule has 3 rings (SSSR count). The minimum atomic E-state index is -0.352. The molecule has 1 spiro atoms. The van der Waals surface area contributed by atoms with Crippen LogP contribution in [0.25, 0.3) is 0 Å². The number of nitrogens with zero attached hydrogens (tertiary/aromatic N) is 1. The Morgan fingerprint density at radius 3 is 2.86 bits per heavy atom. The standard InChI is InChI=1S/C16H21FN2O2/c1-21-9-8-19-14-3-2-12(17)10-13(14)15(20)11-16(19)4-6-18-7-5-16/h2-3,10,18H,4-9,11H2,1H3. The monoisotopic (exact) mass is 292 g/mol. The maximum absolute atomic E-state index is 13.5. The Balaban J connectivity index is 2.03. The SMILES string of the molecule is COCCN1c2ccc(F)cc2C(=O)CC12CCNCC2. The molecule has 1 N–H and O–H groups in total. The van der Waals surface area contributed by atoms with Gasteiger partial charge in [-0.2, -0.15) is 0 Å². The number of methoxy groups -OCH3 is 1. The van der Waals surface area contributed by atoms with Gasteiger partial charge in [-0.25, -0.2) is 4.39 Å². The van der Waals surface area contributed by atoms with E-state index in [9.17, 15) is 9.18 Å². The van der Waals surface area contributed by atoms with Gasteiger partial charge in [-0.05, 0) is 44.1 Å². The first-order valence-corrected chi connectivity index (χ1v) is 7.46. The Labute approximate surface area is 124 Å². The van der Waals surface area contributed by atoms with Crippen LogP contribution in [0, 0.1) is 5.82 Å². The van der Waals surface area contributed by atoms with Crippen LogP contribution >= 0.6 is 0 Å². The van der Waals surface area contributed by atoms with Gasteiger partial charge in [0, 0.05) is 36.9 Å². The molecule has 0 aromatic heterocycles. The van der Waals surface area contributed by atoms with E-state index in [2.05, 4.69) is 10.2 Å². The van der Waals surface area contributed by atoms with Gasteiger partial charge < -0.3 is 15.0 Å². The summed E-state index contributed by atoms with van der Waals surface area (Å²) in [6.07, 6.45) is 2.33. The Morgan fingerprint density at radius 1 is 1.38 bits per heavy atom. The molecule has 0 saturated carbocycles. The number of hydrogen-bond donors (Lipinski definition) is 1. The number of hydrogen-bond acceptors (Lipinski definition) is 4. The first kappa shape index (κ1) is 14.5. The van der Waals surface area contributed by atoms with Gasteiger partial charge in [-0.3, -0.25) is 4.79 Å². The van der Waals surface area contributed by atoms with Crippen molar-refractivity contribution < 1.29 is 13.9 Å². The first-order valence-electron chi connectivity index (χ1n) is 7.46. The summed E-state index contributed by atoms with van der Waals surface area (Å²) in [5.74, 6) is -0.296. The second-order valence-electron chi connectivity index (χ2n) is 5.88. The minimum Gasteiger partial charge on any atom is -0.383 e. The number of rotatable bonds is 3. The van der Waals surface area contributed by atoms with Crippen LogP contribution in [0.3, 0.4) is 0 Å². The Kier molecular flexibility index (Phi) is 3.95. The maximum Gasteiger partial charge on any atom is 0.167 e. The first-order chi connectivity index (χ1) is 10.2. The molecule has 2 aliphatic rings. The fraction of sp³-hybridized carbons (Fsp3) is 0.562. The van der Waals surface area contributed by atoms with Crippen LogP contribution in [0.5, 0.6) is 0 Å². The van der Waals surface area contributed by atoms with Crippen LogP contribution in [0.1, 0.15) is 29.6 Å². The quantitative estimate of drug-likeness (QED) is 0.925. The van der Waals surface area contributed by atoms with Gasteiger partial charge >= 0.3 is 0 Å². The van der Waals surface area contributed by atoms with Gasteiger partial charge in [0.25, 0.3) is 0 Å². The van der Waals surface area contributed by atoms with E-state index in [4.69, 9.17) is 4.74 Å². The molecule has 1 fully saturated rings. The fourth-order valence-corrected chi connectivity index (χ4v) is 3.59. The van der Waals surface area contributed by atoms with E-state index < -0.39 is 0 Å². The van der Waals surface area contributed by atoms with E-state index in [0.29, 0.717) is 18.6 Å². The van der Waals surface area contributed by atoms with Crippen LogP contribution in [-0.2, 0) is 4.74 Å². The lowest BCUT2D eigenvalue weighted by molar-refractivity contribution is 0.0910. The molecule has 0 unspecified atom stereocenters. The minimum absolute atomic E-state index is 0.0556. The molecule has 2 heterocycles. The predicted octanol–water partition coefficient (Wildman–Crippen LogP) is 1.99. The number of carbonyl (C=O) groups is 1. The van der Waals surface area contributed by atoms with Crippen molar-refractivity contribution in [3.63, 3.8) is 0 Å².